The SMILES string of the molecule is O=C(N[C@@H]1Cc2ccccc2CN(CC(F)(F)F)C1=O)c1ccc2c(c1)CC1(C2)C(=O)NC2=C1C=CCN2. The van der Waals surface area contributed by atoms with Crippen molar-refractivity contribution >= 4 is 17.7 Å². The fourth-order valence-electron chi connectivity index (χ4n) is 5.98. The van der Waals surface area contributed by atoms with E-state index in [0.717, 1.165) is 33.0 Å². The van der Waals surface area contributed by atoms with Crippen LogP contribution >= 0.6 is 0 Å². The van der Waals surface area contributed by atoms with E-state index >= 15 is 0 Å². The highest BCUT2D eigenvalue weighted by Gasteiger charge is 2.51. The van der Waals surface area contributed by atoms with Crippen molar-refractivity contribution in [3.8, 4) is 0 Å². The molecule has 0 saturated heterocycles. The van der Waals surface area contributed by atoms with Crippen molar-refractivity contribution in [2.75, 3.05) is 13.1 Å². The van der Waals surface area contributed by atoms with Crippen molar-refractivity contribution in [2.24, 2.45) is 5.41 Å². The van der Waals surface area contributed by atoms with E-state index < -0.39 is 36.0 Å². The maximum atomic E-state index is 13.3. The molecule has 3 amide bonds. The van der Waals surface area contributed by atoms with E-state index in [0.29, 0.717) is 30.5 Å². The van der Waals surface area contributed by atoms with Gasteiger partial charge in [0.05, 0.1) is 5.41 Å². The molecule has 4 aliphatic rings. The Morgan fingerprint density at radius 3 is 2.61 bits per heavy atom. The number of halogens is 3. The predicted octanol–water partition coefficient (Wildman–Crippen LogP) is 2.52. The Labute approximate surface area is 216 Å². The topological polar surface area (TPSA) is 90.5 Å². The standard InChI is InChI=1S/C28H25F3N4O3/c29-28(30,31)15-35-14-19-5-2-1-4-16(19)11-22(25(35)37)33-24(36)17-7-8-18-12-27(13-20(18)10-17)21-6-3-9-32-23(21)34-26(27)38/h1-8,10,22,32H,9,11-15H2,(H,33,36)(H,34,38)/t22-,27?/m1/s1. The first-order chi connectivity index (χ1) is 18.1. The number of nitrogens with one attached hydrogen (secondary N) is 3. The molecule has 1 unspecified atom stereocenters. The zero-order chi connectivity index (χ0) is 26.7. The first-order valence-corrected chi connectivity index (χ1v) is 12.4. The minimum atomic E-state index is -4.57. The Morgan fingerprint density at radius 1 is 1.05 bits per heavy atom. The number of hydrogen-bond donors (Lipinski definition) is 3. The third-order valence-electron chi connectivity index (χ3n) is 7.78. The number of allylic oxidation sites excluding steroid dienone is 1. The van der Waals surface area contributed by atoms with Crippen LogP contribution in [0.2, 0.25) is 0 Å². The average Bonchev–Trinajstić information content (AvgIpc) is 3.35. The van der Waals surface area contributed by atoms with E-state index in [4.69, 9.17) is 0 Å². The van der Waals surface area contributed by atoms with Crippen LogP contribution in [0.5, 0.6) is 0 Å². The number of fused-ring (bicyclic) bond motifs is 3. The Kier molecular flexibility index (Phi) is 5.59. The number of carbonyl (C=O) groups excluding carboxylic acids is 3. The second kappa shape index (κ2) is 8.75. The number of benzene rings is 2. The summed E-state index contributed by atoms with van der Waals surface area (Å²) in [6.07, 6.45) is 0.391. The van der Waals surface area contributed by atoms with Gasteiger partial charge in [0.25, 0.3) is 5.91 Å². The second-order valence-electron chi connectivity index (χ2n) is 10.3. The lowest BCUT2D eigenvalue weighted by Gasteiger charge is -2.26. The summed E-state index contributed by atoms with van der Waals surface area (Å²) in [6, 6.07) is 11.0. The van der Waals surface area contributed by atoms with Crippen LogP contribution < -0.4 is 16.0 Å². The number of amides is 3. The van der Waals surface area contributed by atoms with Gasteiger partial charge in [0.2, 0.25) is 11.8 Å². The van der Waals surface area contributed by atoms with Gasteiger partial charge in [-0.25, -0.2) is 0 Å². The van der Waals surface area contributed by atoms with Crippen LogP contribution in [0.3, 0.4) is 0 Å². The molecule has 3 heterocycles. The molecule has 2 atom stereocenters. The van der Waals surface area contributed by atoms with E-state index in [-0.39, 0.29) is 18.9 Å². The highest BCUT2D eigenvalue weighted by atomic mass is 19.4. The van der Waals surface area contributed by atoms with Gasteiger partial charge in [-0.05, 0) is 47.2 Å². The van der Waals surface area contributed by atoms with Crippen molar-refractivity contribution in [3.63, 3.8) is 0 Å². The lowest BCUT2D eigenvalue weighted by Crippen LogP contribution is -2.50. The van der Waals surface area contributed by atoms with Gasteiger partial charge in [-0.3, -0.25) is 14.4 Å². The van der Waals surface area contributed by atoms with E-state index in [9.17, 15) is 27.6 Å². The molecule has 196 valence electrons. The van der Waals surface area contributed by atoms with Gasteiger partial charge in [0.15, 0.2) is 0 Å². The summed E-state index contributed by atoms with van der Waals surface area (Å²) in [6.45, 7) is -0.932. The highest BCUT2D eigenvalue weighted by molar-refractivity contribution is 5.98. The average molecular weight is 523 g/mol. The molecule has 3 aliphatic heterocycles. The number of carbonyl (C=O) groups is 3. The fraction of sp³-hybridized carbons (Fsp3) is 0.321. The monoisotopic (exact) mass is 522 g/mol. The molecule has 0 radical (unpaired) electrons. The van der Waals surface area contributed by atoms with Gasteiger partial charge < -0.3 is 20.9 Å². The number of alkyl halides is 3. The Balaban J connectivity index is 1.24. The summed E-state index contributed by atoms with van der Waals surface area (Å²) in [5.41, 5.74) is 3.62. The summed E-state index contributed by atoms with van der Waals surface area (Å²) >= 11 is 0. The molecule has 0 bridgehead atoms. The molecular formula is C28H25F3N4O3. The minimum absolute atomic E-state index is 0.0868. The van der Waals surface area contributed by atoms with E-state index in [2.05, 4.69) is 16.0 Å². The first kappa shape index (κ1) is 24.3. The number of hydrogen-bond acceptors (Lipinski definition) is 4. The quantitative estimate of drug-likeness (QED) is 0.578. The van der Waals surface area contributed by atoms with E-state index in [1.807, 2.05) is 18.2 Å². The predicted molar refractivity (Wildman–Crippen MR) is 131 cm³/mol. The zero-order valence-electron chi connectivity index (χ0n) is 20.3. The summed E-state index contributed by atoms with van der Waals surface area (Å²) in [5, 5.41) is 8.80. The molecule has 7 nitrogen and oxygen atoms in total. The van der Waals surface area contributed by atoms with Gasteiger partial charge in [-0.15, -0.1) is 0 Å². The molecule has 0 saturated carbocycles. The first-order valence-electron chi connectivity index (χ1n) is 12.4. The van der Waals surface area contributed by atoms with E-state index in [1.165, 1.54) is 0 Å². The summed E-state index contributed by atoms with van der Waals surface area (Å²) in [5.74, 6) is -0.686. The second-order valence-corrected chi connectivity index (χ2v) is 10.3. The van der Waals surface area contributed by atoms with E-state index in [1.54, 1.807) is 36.4 Å². The van der Waals surface area contributed by atoms with Gasteiger partial charge in [-0.1, -0.05) is 42.5 Å². The number of dihydropyridines is 1. The van der Waals surface area contributed by atoms with Crippen LogP contribution in [-0.4, -0.2) is 47.9 Å². The van der Waals surface area contributed by atoms with Gasteiger partial charge in [0, 0.05) is 30.6 Å². The molecular weight excluding hydrogens is 497 g/mol. The zero-order valence-corrected chi connectivity index (χ0v) is 20.3. The molecule has 1 aliphatic carbocycles. The van der Waals surface area contributed by atoms with Crippen LogP contribution in [-0.2, 0) is 35.4 Å². The van der Waals surface area contributed by atoms with Crippen LogP contribution in [0.15, 0.2) is 66.0 Å². The van der Waals surface area contributed by atoms with Crippen LogP contribution in [0.4, 0.5) is 13.2 Å². The summed E-state index contributed by atoms with van der Waals surface area (Å²) in [7, 11) is 0. The normalized spacial score (nSPS) is 24.0. The van der Waals surface area contributed by atoms with Crippen molar-refractivity contribution in [3.05, 3.63) is 93.8 Å². The Hall–Kier alpha value is -4.08. The van der Waals surface area contributed by atoms with Gasteiger partial charge >= 0.3 is 6.18 Å². The third kappa shape index (κ3) is 4.13. The van der Waals surface area contributed by atoms with Crippen molar-refractivity contribution in [1.29, 1.82) is 0 Å². The third-order valence-corrected chi connectivity index (χ3v) is 7.78. The molecule has 1 spiro atoms. The van der Waals surface area contributed by atoms with Crippen LogP contribution in [0.1, 0.15) is 32.6 Å². The molecule has 2 aromatic carbocycles. The fourth-order valence-corrected chi connectivity index (χ4v) is 5.98. The smallest absolute Gasteiger partial charge is 0.368 e. The van der Waals surface area contributed by atoms with Crippen LogP contribution in [0, 0.1) is 5.41 Å². The highest BCUT2D eigenvalue weighted by Crippen LogP contribution is 2.47. The Morgan fingerprint density at radius 2 is 1.82 bits per heavy atom. The Bertz CT molecular complexity index is 1430. The van der Waals surface area contributed by atoms with Crippen molar-refractivity contribution in [1.82, 2.24) is 20.9 Å². The molecule has 2 aromatic rings. The largest absolute Gasteiger partial charge is 0.406 e. The maximum Gasteiger partial charge on any atom is 0.406 e. The summed E-state index contributed by atoms with van der Waals surface area (Å²) in [4.78, 5) is 40.1. The molecule has 10 heteroatoms. The number of rotatable bonds is 3. The van der Waals surface area contributed by atoms with Crippen molar-refractivity contribution in [2.45, 2.75) is 38.0 Å². The molecule has 0 aromatic heterocycles. The van der Waals surface area contributed by atoms with Gasteiger partial charge in [0.1, 0.15) is 18.4 Å². The molecule has 6 rings (SSSR count). The summed E-state index contributed by atoms with van der Waals surface area (Å²) < 4.78 is 39.7. The lowest BCUT2D eigenvalue weighted by molar-refractivity contribution is -0.163. The van der Waals surface area contributed by atoms with Crippen LogP contribution in [0.25, 0.3) is 0 Å². The maximum absolute atomic E-state index is 13.3. The molecule has 3 N–H and O–H groups in total. The minimum Gasteiger partial charge on any atom is -0.368 e. The lowest BCUT2D eigenvalue weighted by atomic mass is 9.78. The van der Waals surface area contributed by atoms with Gasteiger partial charge in [-0.2, -0.15) is 13.2 Å². The number of nitrogens with zero attached hydrogens (tertiary/aromatic N) is 1. The molecule has 0 fully saturated rings. The van der Waals surface area contributed by atoms with Crippen molar-refractivity contribution < 1.29 is 27.6 Å². The molecule has 38 heavy (non-hydrogen) atoms.